The Bertz CT molecular complexity index is 1550. The summed E-state index contributed by atoms with van der Waals surface area (Å²) in [5.74, 6) is 0.769. The third kappa shape index (κ3) is 6.42. The summed E-state index contributed by atoms with van der Waals surface area (Å²) >= 11 is 6.03. The molecule has 0 saturated carbocycles. The van der Waals surface area contributed by atoms with E-state index in [1.165, 1.54) is 18.2 Å². The van der Waals surface area contributed by atoms with Crippen LogP contribution in [0.25, 0.3) is 11.0 Å². The average molecular weight is 582 g/mol. The summed E-state index contributed by atoms with van der Waals surface area (Å²) in [7, 11) is 0. The minimum absolute atomic E-state index is 0.00165. The molecule has 0 spiro atoms. The van der Waals surface area contributed by atoms with Crippen molar-refractivity contribution in [1.82, 2.24) is 24.4 Å². The highest BCUT2D eigenvalue weighted by Crippen LogP contribution is 2.27. The molecule has 2 aromatic heterocycles. The fraction of sp³-hybridized carbons (Fsp3) is 0.379. The number of likely N-dealkylation sites (tertiary alicyclic amines) is 1. The number of halogens is 2. The Morgan fingerprint density at radius 3 is 2.68 bits per heavy atom. The number of benzene rings is 2. The molecule has 4 heterocycles. The lowest BCUT2D eigenvalue weighted by molar-refractivity contribution is -0.0592. The van der Waals surface area contributed by atoms with Gasteiger partial charge in [0.2, 0.25) is 5.88 Å². The third-order valence-electron chi connectivity index (χ3n) is 7.37. The molecule has 1 N–H and O–H groups in total. The molecule has 2 aliphatic heterocycles. The summed E-state index contributed by atoms with van der Waals surface area (Å²) in [6.07, 6.45) is 4.36. The first-order valence-electron chi connectivity index (χ1n) is 13.5. The SMILES string of the molecule is O=C(O)c1ccc2nc(CN3CCC(Oc4ccnc(COc5ccc(F)cc5Cl)n4)CC3)n(C[C@@H]3CCO3)c2c1. The zero-order valence-electron chi connectivity index (χ0n) is 22.2. The van der Waals surface area contributed by atoms with Crippen molar-refractivity contribution in [3.05, 3.63) is 76.7 Å². The van der Waals surface area contributed by atoms with Gasteiger partial charge in [-0.3, -0.25) is 4.90 Å². The highest BCUT2D eigenvalue weighted by Gasteiger charge is 2.26. The molecule has 1 atom stereocenters. The van der Waals surface area contributed by atoms with Crippen molar-refractivity contribution in [3.8, 4) is 11.6 Å². The van der Waals surface area contributed by atoms with Gasteiger partial charge in [0, 0.05) is 32.0 Å². The van der Waals surface area contributed by atoms with Crippen molar-refractivity contribution in [3.63, 3.8) is 0 Å². The molecule has 0 unspecified atom stereocenters. The number of piperidine rings is 1. The van der Waals surface area contributed by atoms with E-state index in [1.807, 2.05) is 0 Å². The predicted octanol–water partition coefficient (Wildman–Crippen LogP) is 4.73. The Morgan fingerprint density at radius 1 is 1.12 bits per heavy atom. The fourth-order valence-corrected chi connectivity index (χ4v) is 5.29. The zero-order valence-corrected chi connectivity index (χ0v) is 23.0. The van der Waals surface area contributed by atoms with Crippen LogP contribution in [0.4, 0.5) is 4.39 Å². The Hall–Kier alpha value is -3.80. The van der Waals surface area contributed by atoms with Gasteiger partial charge in [0.15, 0.2) is 5.82 Å². The van der Waals surface area contributed by atoms with Gasteiger partial charge in [0.05, 0.1) is 40.8 Å². The second kappa shape index (κ2) is 12.0. The Kier molecular flexibility index (Phi) is 8.00. The third-order valence-corrected chi connectivity index (χ3v) is 7.67. The predicted molar refractivity (Wildman–Crippen MR) is 148 cm³/mol. The molecule has 12 heteroatoms. The van der Waals surface area contributed by atoms with Crippen LogP contribution in [-0.2, 0) is 24.4 Å². The molecular formula is C29H29ClFN5O5. The lowest BCUT2D eigenvalue weighted by Crippen LogP contribution is -2.39. The van der Waals surface area contributed by atoms with Crippen LogP contribution in [0.15, 0.2) is 48.7 Å². The number of aromatic nitrogens is 4. The molecule has 214 valence electrons. The summed E-state index contributed by atoms with van der Waals surface area (Å²) in [4.78, 5) is 27.4. The van der Waals surface area contributed by atoms with Gasteiger partial charge in [0.1, 0.15) is 30.1 Å². The molecule has 2 aromatic carbocycles. The molecule has 0 radical (unpaired) electrons. The number of imidazole rings is 1. The van der Waals surface area contributed by atoms with E-state index in [0.717, 1.165) is 55.8 Å². The zero-order chi connectivity index (χ0) is 28.3. The second-order valence-corrected chi connectivity index (χ2v) is 10.6. The van der Waals surface area contributed by atoms with Gasteiger partial charge in [-0.15, -0.1) is 0 Å². The molecule has 41 heavy (non-hydrogen) atoms. The largest absolute Gasteiger partial charge is 0.484 e. The summed E-state index contributed by atoms with van der Waals surface area (Å²) in [6.45, 7) is 3.77. The fourth-order valence-electron chi connectivity index (χ4n) is 5.07. The molecule has 4 aromatic rings. The minimum Gasteiger partial charge on any atom is -0.484 e. The molecule has 6 rings (SSSR count). The highest BCUT2D eigenvalue weighted by atomic mass is 35.5. The maximum atomic E-state index is 13.3. The Labute approximate surface area is 240 Å². The number of aromatic carboxylic acids is 1. The van der Waals surface area contributed by atoms with Crippen molar-refractivity contribution in [2.45, 2.75) is 51.2 Å². The van der Waals surface area contributed by atoms with Gasteiger partial charge in [-0.2, -0.15) is 4.98 Å². The number of carbonyl (C=O) groups is 1. The topological polar surface area (TPSA) is 112 Å². The Morgan fingerprint density at radius 2 is 1.95 bits per heavy atom. The van der Waals surface area contributed by atoms with Gasteiger partial charge < -0.3 is 23.9 Å². The van der Waals surface area contributed by atoms with Crippen LogP contribution in [0.3, 0.4) is 0 Å². The first-order valence-corrected chi connectivity index (χ1v) is 13.9. The van der Waals surface area contributed by atoms with Crippen molar-refractivity contribution >= 4 is 28.6 Å². The van der Waals surface area contributed by atoms with Crippen molar-refractivity contribution < 1.29 is 28.5 Å². The number of carboxylic acid groups (broad SMARTS) is 1. The minimum atomic E-state index is -0.955. The number of nitrogens with zero attached hydrogens (tertiary/aromatic N) is 5. The number of hydrogen-bond donors (Lipinski definition) is 1. The quantitative estimate of drug-likeness (QED) is 0.284. The molecule has 2 saturated heterocycles. The van der Waals surface area contributed by atoms with Crippen LogP contribution >= 0.6 is 11.6 Å². The van der Waals surface area contributed by atoms with Crippen LogP contribution in [0, 0.1) is 5.82 Å². The Balaban J connectivity index is 1.06. The first kappa shape index (κ1) is 27.4. The van der Waals surface area contributed by atoms with Crippen LogP contribution in [0.5, 0.6) is 11.6 Å². The van der Waals surface area contributed by atoms with E-state index >= 15 is 0 Å². The number of fused-ring (bicyclic) bond motifs is 1. The standard InChI is InChI=1S/C29H29ClFN5O5/c30-22-14-19(31)2-4-25(22)40-17-26-32-9-5-28(34-26)41-20-6-10-35(11-7-20)16-27-33-23-3-1-18(29(37)38)13-24(23)36(27)15-21-8-12-39-21/h1-5,9,13-14,20-21H,6-8,10-12,15-17H2,(H,37,38)/t21-/m0/s1. The summed E-state index contributed by atoms with van der Waals surface area (Å²) in [5, 5.41) is 9.66. The van der Waals surface area contributed by atoms with E-state index in [4.69, 9.17) is 30.8 Å². The van der Waals surface area contributed by atoms with Gasteiger partial charge in [-0.05, 0) is 55.7 Å². The molecular weight excluding hydrogens is 553 g/mol. The summed E-state index contributed by atoms with van der Waals surface area (Å²) in [5.41, 5.74) is 1.85. The lowest BCUT2D eigenvalue weighted by Gasteiger charge is -2.32. The molecule has 0 bridgehead atoms. The van der Waals surface area contributed by atoms with Gasteiger partial charge in [0.25, 0.3) is 0 Å². The maximum absolute atomic E-state index is 13.3. The van der Waals surface area contributed by atoms with Crippen LogP contribution in [-0.4, -0.2) is 67.4 Å². The van der Waals surface area contributed by atoms with Gasteiger partial charge in [-0.1, -0.05) is 11.6 Å². The molecule has 2 aliphatic rings. The second-order valence-electron chi connectivity index (χ2n) is 10.2. The number of carboxylic acids is 1. The van der Waals surface area contributed by atoms with E-state index < -0.39 is 11.8 Å². The highest BCUT2D eigenvalue weighted by molar-refractivity contribution is 6.32. The number of rotatable bonds is 10. The maximum Gasteiger partial charge on any atom is 0.335 e. The van der Waals surface area contributed by atoms with Crippen molar-refractivity contribution in [2.75, 3.05) is 19.7 Å². The van der Waals surface area contributed by atoms with E-state index in [0.29, 0.717) is 30.5 Å². The van der Waals surface area contributed by atoms with E-state index in [2.05, 4.69) is 19.4 Å². The number of ether oxygens (including phenoxy) is 3. The van der Waals surface area contributed by atoms with E-state index in [-0.39, 0.29) is 29.4 Å². The van der Waals surface area contributed by atoms with Crippen LogP contribution in [0.2, 0.25) is 5.02 Å². The lowest BCUT2D eigenvalue weighted by atomic mass is 10.1. The average Bonchev–Trinajstić information content (AvgIpc) is 3.27. The molecule has 0 amide bonds. The molecule has 0 aliphatic carbocycles. The normalized spacial score (nSPS) is 17.9. The van der Waals surface area contributed by atoms with Crippen molar-refractivity contribution in [2.24, 2.45) is 0 Å². The van der Waals surface area contributed by atoms with Crippen LogP contribution in [0.1, 0.15) is 41.3 Å². The van der Waals surface area contributed by atoms with Gasteiger partial charge >= 0.3 is 5.97 Å². The molecule has 10 nitrogen and oxygen atoms in total. The first-order chi connectivity index (χ1) is 19.9. The summed E-state index contributed by atoms with van der Waals surface area (Å²) < 4.78 is 32.9. The molecule has 2 fully saturated rings. The number of hydrogen-bond acceptors (Lipinski definition) is 8. The van der Waals surface area contributed by atoms with E-state index in [1.54, 1.807) is 30.5 Å². The van der Waals surface area contributed by atoms with Crippen molar-refractivity contribution in [1.29, 1.82) is 0 Å². The van der Waals surface area contributed by atoms with Gasteiger partial charge in [-0.25, -0.2) is 19.2 Å². The van der Waals surface area contributed by atoms with Crippen LogP contribution < -0.4 is 9.47 Å². The summed E-state index contributed by atoms with van der Waals surface area (Å²) in [6, 6.07) is 10.7. The van der Waals surface area contributed by atoms with E-state index in [9.17, 15) is 14.3 Å². The monoisotopic (exact) mass is 581 g/mol. The smallest absolute Gasteiger partial charge is 0.335 e.